The van der Waals surface area contributed by atoms with E-state index in [1.807, 2.05) is 146 Å². The van der Waals surface area contributed by atoms with E-state index in [2.05, 4.69) is 15.6 Å². The van der Waals surface area contributed by atoms with Crippen LogP contribution < -0.4 is 51.6 Å². The lowest BCUT2D eigenvalue weighted by molar-refractivity contribution is 0.0614. The van der Waals surface area contributed by atoms with E-state index in [9.17, 15) is 61.0 Å². The number of nitrogens with zero attached hydrogens (tertiary/aromatic N) is 3. The van der Waals surface area contributed by atoms with E-state index in [0.717, 1.165) is 52.1 Å². The molecule has 508 valence electrons. The molecule has 97 heavy (non-hydrogen) atoms. The summed E-state index contributed by atoms with van der Waals surface area (Å²) in [6.07, 6.45) is 0. The molecule has 5 aromatic carbocycles. The molecule has 4 aromatic heterocycles. The number of H-pyrrole nitrogens is 1. The van der Waals surface area contributed by atoms with Gasteiger partial charge in [0.15, 0.2) is 22.9 Å². The summed E-state index contributed by atoms with van der Waals surface area (Å²) < 4.78 is 79.7. The van der Waals surface area contributed by atoms with Gasteiger partial charge in [-0.25, -0.2) is 27.0 Å². The maximum atomic E-state index is 14.1. The molecule has 0 fully saturated rings. The minimum Gasteiger partial charge on any atom is -0.502 e. The molecule has 1 aliphatic rings. The average Bonchev–Trinajstić information content (AvgIpc) is 0.737. The molecule has 5 heterocycles. The smallest absolute Gasteiger partial charge is 0.375 e. The van der Waals surface area contributed by atoms with Crippen molar-refractivity contribution in [3.63, 3.8) is 0 Å². The van der Waals surface area contributed by atoms with E-state index < -0.39 is 89.4 Å². The van der Waals surface area contributed by atoms with Gasteiger partial charge in [0.1, 0.15) is 64.7 Å². The molecule has 0 bridgehead atoms. The Hall–Kier alpha value is -11.5. The fourth-order valence-corrected chi connectivity index (χ4v) is 9.63. The maximum absolute atomic E-state index is 14.1. The second-order valence-corrected chi connectivity index (χ2v) is 22.4. The summed E-state index contributed by atoms with van der Waals surface area (Å²) in [5, 5.41) is 26.6. The number of halogens is 4. The van der Waals surface area contributed by atoms with Crippen LogP contribution in [0.1, 0.15) is 140 Å². The Labute approximate surface area is 554 Å². The fourth-order valence-electron chi connectivity index (χ4n) is 9.63. The fraction of sp³-hybridized carbons (Fsp3) is 0.250. The van der Waals surface area contributed by atoms with Gasteiger partial charge in [0.2, 0.25) is 39.0 Å². The number of hydrogen-bond acceptors (Lipinski definition) is 15. The van der Waals surface area contributed by atoms with Crippen LogP contribution in [0.3, 0.4) is 0 Å². The van der Waals surface area contributed by atoms with Gasteiger partial charge in [-0.1, -0.05) is 152 Å². The number of aromatic carboxylic acids is 1. The van der Waals surface area contributed by atoms with Crippen molar-refractivity contribution < 1.29 is 70.0 Å². The van der Waals surface area contributed by atoms with Crippen molar-refractivity contribution >= 4 is 23.7 Å². The van der Waals surface area contributed by atoms with Crippen molar-refractivity contribution in [1.82, 2.24) is 25.2 Å². The largest absolute Gasteiger partial charge is 0.502 e. The number of ether oxygens (including phenoxy) is 3. The Morgan fingerprint density at radius 1 is 0.526 bits per heavy atom. The molecule has 0 atom stereocenters. The summed E-state index contributed by atoms with van der Waals surface area (Å²) in [5.74, 6) is -6.10. The minimum atomic E-state index is -1.49. The number of alkyl halides is 4. The van der Waals surface area contributed by atoms with E-state index in [4.69, 9.17) is 28.2 Å². The number of aromatic hydroxyl groups is 1. The van der Waals surface area contributed by atoms with Crippen molar-refractivity contribution in [3.05, 3.63) is 290 Å². The molecule has 9 aromatic rings. The van der Waals surface area contributed by atoms with Gasteiger partial charge in [-0.3, -0.25) is 38.6 Å². The van der Waals surface area contributed by atoms with Crippen LogP contribution in [-0.2, 0) is 46.5 Å². The number of amides is 3. The number of aromatic amines is 1. The zero-order chi connectivity index (χ0) is 70.3. The van der Waals surface area contributed by atoms with E-state index in [-0.39, 0.29) is 102 Å². The Kier molecular flexibility index (Phi) is 26.4. The number of fused-ring (bicyclic) bond motifs is 1. The number of nitrogens with one attached hydrogen (secondary N) is 3. The number of carbonyl (C=O) groups is 4. The summed E-state index contributed by atoms with van der Waals surface area (Å²) in [6.45, 7) is 7.39. The highest BCUT2D eigenvalue weighted by atomic mass is 19.1. The standard InChI is InChI=1S/C24H24FN3O3.C17H19FN2O3.C17H18FNO4.C14H11FO5/c1-16(2)26-15-27(28-19(14-25)13-20(29)23(30)22(28)24(26)31)21(17-9-5-3-6-10-17)18-11-7-4-8-12-18;1-11(2)19-17(22)15-16(14(21)8-13(9-18)20-15)23-10-12-6-4-3-5-7-12;1-11(2)19-17(21)16-15(14(20)8-13(9-18)23-16)22-10-12-6-4-3-5-7-12;15-7-10-6-11(16)12(13(20-10)14(17)18)19-8-9-4-2-1-3-5-9/h3-13,16,21,30H,14-15H2,1-2H3;3-8,11H,9-10H2,1-2H3,(H,19,22)(H,20,21);3-8,11H,9-10H2,1-2H3,(H,19,21);1-6H,7-8H2,(H,17,18). The molecule has 5 N–H and O–H groups in total. The molecule has 0 saturated heterocycles. The van der Waals surface area contributed by atoms with Crippen LogP contribution >= 0.6 is 0 Å². The SMILES string of the molecule is CC(C)N1CN(C(c2ccccc2)c2ccccc2)n2c(CF)cc(=O)c(O)c2C1=O.CC(C)NC(=O)c1[nH]c(CF)cc(=O)c1OCc1ccccc1.CC(C)NC(=O)c1oc(CF)cc(=O)c1OCc1ccccc1.O=C(O)c1oc(CF)cc(=O)c1OCc1ccccc1. The van der Waals surface area contributed by atoms with Crippen LogP contribution in [0.15, 0.2) is 204 Å². The van der Waals surface area contributed by atoms with Crippen LogP contribution in [0.4, 0.5) is 17.6 Å². The molecule has 0 saturated carbocycles. The molecule has 3 amide bonds. The lowest BCUT2D eigenvalue weighted by atomic mass is 9.98. The lowest BCUT2D eigenvalue weighted by Gasteiger charge is -2.46. The zero-order valence-electron chi connectivity index (χ0n) is 53.8. The van der Waals surface area contributed by atoms with Crippen LogP contribution in [0.5, 0.6) is 23.0 Å². The first kappa shape index (κ1) is 72.9. The number of aromatic nitrogens is 2. The van der Waals surface area contributed by atoms with E-state index in [0.29, 0.717) is 0 Å². The summed E-state index contributed by atoms with van der Waals surface area (Å²) in [5.41, 5.74) is 1.49. The molecule has 0 aliphatic carbocycles. The van der Waals surface area contributed by atoms with Crippen LogP contribution in [0.2, 0.25) is 0 Å². The molecular weight excluding hydrogens is 1260 g/mol. The highest BCUT2D eigenvalue weighted by Gasteiger charge is 2.39. The predicted octanol–water partition coefficient (Wildman–Crippen LogP) is 11.3. The molecule has 1 aliphatic heterocycles. The summed E-state index contributed by atoms with van der Waals surface area (Å²) >= 11 is 0. The maximum Gasteiger partial charge on any atom is 0.375 e. The van der Waals surface area contributed by atoms with Crippen molar-refractivity contribution in [3.8, 4) is 23.0 Å². The van der Waals surface area contributed by atoms with Gasteiger partial charge in [-0.2, -0.15) is 0 Å². The molecular formula is C72H72F4N6O15. The molecule has 0 spiro atoms. The predicted molar refractivity (Wildman–Crippen MR) is 352 cm³/mol. The second-order valence-electron chi connectivity index (χ2n) is 22.4. The molecule has 10 rings (SSSR count). The third-order valence-corrected chi connectivity index (χ3v) is 14.1. The summed E-state index contributed by atoms with van der Waals surface area (Å²) in [6, 6.07) is 49.8. The first-order valence-electron chi connectivity index (χ1n) is 30.4. The first-order chi connectivity index (χ1) is 46.6. The number of rotatable bonds is 22. The number of benzene rings is 5. The molecule has 0 radical (unpaired) electrons. The van der Waals surface area contributed by atoms with Gasteiger partial charge in [-0.05, 0) is 69.4 Å². The van der Waals surface area contributed by atoms with Crippen molar-refractivity contribution in [1.29, 1.82) is 0 Å². The number of hydrogen-bond donors (Lipinski definition) is 5. The lowest BCUT2D eigenvalue weighted by Crippen LogP contribution is -2.58. The third-order valence-electron chi connectivity index (χ3n) is 14.1. The van der Waals surface area contributed by atoms with E-state index in [1.165, 1.54) is 4.68 Å². The van der Waals surface area contributed by atoms with Crippen molar-refractivity contribution in [2.24, 2.45) is 0 Å². The van der Waals surface area contributed by atoms with Gasteiger partial charge < -0.3 is 53.8 Å². The van der Waals surface area contributed by atoms with Crippen molar-refractivity contribution in [2.45, 2.75) is 112 Å². The van der Waals surface area contributed by atoms with Crippen LogP contribution in [0, 0.1) is 0 Å². The number of carbonyl (C=O) groups excluding carboxylic acids is 3. The number of carboxylic acid groups (broad SMARTS) is 1. The normalized spacial score (nSPS) is 11.5. The third kappa shape index (κ3) is 19.6. The Morgan fingerprint density at radius 3 is 1.35 bits per heavy atom. The van der Waals surface area contributed by atoms with Crippen LogP contribution in [-0.4, -0.2) is 73.3 Å². The van der Waals surface area contributed by atoms with E-state index >= 15 is 0 Å². The molecule has 21 nitrogen and oxygen atoms in total. The van der Waals surface area contributed by atoms with E-state index in [1.54, 1.807) is 56.9 Å². The van der Waals surface area contributed by atoms with Gasteiger partial charge in [0.25, 0.3) is 23.5 Å². The topological polar surface area (TPSA) is 282 Å². The quantitative estimate of drug-likeness (QED) is 0.0394. The Morgan fingerprint density at radius 2 is 0.938 bits per heavy atom. The first-order valence-corrected chi connectivity index (χ1v) is 30.4. The zero-order valence-corrected chi connectivity index (χ0v) is 53.8. The second kappa shape index (κ2) is 35.1. The summed E-state index contributed by atoms with van der Waals surface area (Å²) in [7, 11) is 0. The molecule has 0 unspecified atom stereocenters. The minimum absolute atomic E-state index is 0.0147. The molecule has 25 heteroatoms. The number of carboxylic acids is 1. The van der Waals surface area contributed by atoms with Gasteiger partial charge in [-0.15, -0.1) is 0 Å². The average molecular weight is 1340 g/mol. The Balaban J connectivity index is 0.000000185. The highest BCUT2D eigenvalue weighted by molar-refractivity contribution is 5.97. The monoisotopic (exact) mass is 1340 g/mol. The van der Waals surface area contributed by atoms with Gasteiger partial charge in [0, 0.05) is 42.4 Å². The van der Waals surface area contributed by atoms with Crippen molar-refractivity contribution in [2.75, 3.05) is 11.7 Å². The van der Waals surface area contributed by atoms with Gasteiger partial charge in [0.05, 0.1) is 17.4 Å². The van der Waals surface area contributed by atoms with Crippen LogP contribution in [0.25, 0.3) is 0 Å². The Bertz CT molecular complexity index is 4200. The summed E-state index contributed by atoms with van der Waals surface area (Å²) in [4.78, 5) is 101. The number of pyridine rings is 2. The van der Waals surface area contributed by atoms with Gasteiger partial charge >= 0.3 is 5.97 Å². The highest BCUT2D eigenvalue weighted by Crippen LogP contribution is 2.34.